The van der Waals surface area contributed by atoms with E-state index in [0.29, 0.717) is 0 Å². The first-order valence-electron chi connectivity index (χ1n) is 5.14. The molecule has 0 aliphatic rings. The van der Waals surface area contributed by atoms with Gasteiger partial charge >= 0.3 is 0 Å². The predicted octanol–water partition coefficient (Wildman–Crippen LogP) is 3.87. The molecule has 1 N–H and O–H groups in total. The third kappa shape index (κ3) is 3.06. The molecule has 0 spiro atoms. The molecule has 2 rings (SSSR count). The van der Waals surface area contributed by atoms with Gasteiger partial charge in [-0.3, -0.25) is 0 Å². The highest BCUT2D eigenvalue weighted by atomic mass is 79.9. The molecule has 16 heavy (non-hydrogen) atoms. The van der Waals surface area contributed by atoms with Crippen LogP contribution >= 0.6 is 27.3 Å². The number of aryl methyl sites for hydroxylation is 1. The van der Waals surface area contributed by atoms with E-state index in [1.165, 1.54) is 10.4 Å². The summed E-state index contributed by atoms with van der Waals surface area (Å²) in [6.07, 6.45) is 2.89. The van der Waals surface area contributed by atoms with Crippen molar-refractivity contribution in [2.75, 3.05) is 11.9 Å². The minimum atomic E-state index is 0.925. The first-order chi connectivity index (χ1) is 7.75. The molecule has 0 radical (unpaired) electrons. The lowest BCUT2D eigenvalue weighted by molar-refractivity contribution is 1.02. The topological polar surface area (TPSA) is 24.9 Å². The Kier molecular flexibility index (Phi) is 3.96. The molecule has 0 aliphatic carbocycles. The summed E-state index contributed by atoms with van der Waals surface area (Å²) < 4.78 is 1.05. The molecule has 0 saturated carbocycles. The molecule has 0 aromatic carbocycles. The Morgan fingerprint density at radius 1 is 1.50 bits per heavy atom. The second kappa shape index (κ2) is 5.46. The van der Waals surface area contributed by atoms with Crippen LogP contribution in [0.2, 0.25) is 0 Å². The number of nitrogens with one attached hydrogen (secondary N) is 1. The van der Waals surface area contributed by atoms with E-state index < -0.39 is 0 Å². The van der Waals surface area contributed by atoms with Crippen molar-refractivity contribution in [3.05, 3.63) is 44.7 Å². The summed E-state index contributed by atoms with van der Waals surface area (Å²) in [4.78, 5) is 5.71. The van der Waals surface area contributed by atoms with Crippen LogP contribution < -0.4 is 5.32 Å². The average molecular weight is 297 g/mol. The number of anilines is 1. The molecule has 0 fully saturated rings. The van der Waals surface area contributed by atoms with E-state index in [2.05, 4.69) is 56.7 Å². The number of rotatable bonds is 4. The number of hydrogen-bond donors (Lipinski definition) is 1. The van der Waals surface area contributed by atoms with Crippen LogP contribution in [0.5, 0.6) is 0 Å². The largest absolute Gasteiger partial charge is 0.370 e. The van der Waals surface area contributed by atoms with Gasteiger partial charge < -0.3 is 5.32 Å². The normalized spacial score (nSPS) is 10.4. The molecule has 2 heterocycles. The smallest absolute Gasteiger partial charge is 0.126 e. The Morgan fingerprint density at radius 2 is 2.38 bits per heavy atom. The van der Waals surface area contributed by atoms with E-state index >= 15 is 0 Å². The quantitative estimate of drug-likeness (QED) is 0.926. The average Bonchev–Trinajstić information content (AvgIpc) is 2.76. The van der Waals surface area contributed by atoms with Gasteiger partial charge in [0.1, 0.15) is 5.82 Å². The second-order valence-corrected chi connectivity index (χ2v) is 5.46. The summed E-state index contributed by atoms with van der Waals surface area (Å²) in [5, 5.41) is 5.43. The summed E-state index contributed by atoms with van der Waals surface area (Å²) in [6, 6.07) is 6.30. The highest BCUT2D eigenvalue weighted by molar-refractivity contribution is 9.10. The summed E-state index contributed by atoms with van der Waals surface area (Å²) in [7, 11) is 0. The molecule has 0 unspecified atom stereocenters. The van der Waals surface area contributed by atoms with Gasteiger partial charge in [-0.25, -0.2) is 4.98 Å². The molecule has 0 bridgehead atoms. The van der Waals surface area contributed by atoms with Gasteiger partial charge in [-0.1, -0.05) is 6.07 Å². The number of halogens is 1. The Labute approximate surface area is 108 Å². The molecule has 84 valence electrons. The molecule has 2 aromatic heterocycles. The minimum Gasteiger partial charge on any atom is -0.370 e. The van der Waals surface area contributed by atoms with Gasteiger partial charge in [0.2, 0.25) is 0 Å². The van der Waals surface area contributed by atoms with Crippen LogP contribution in [0.4, 0.5) is 5.82 Å². The molecular weight excluding hydrogens is 284 g/mol. The molecule has 2 aromatic rings. The van der Waals surface area contributed by atoms with E-state index in [4.69, 9.17) is 0 Å². The van der Waals surface area contributed by atoms with Gasteiger partial charge in [0.15, 0.2) is 0 Å². The van der Waals surface area contributed by atoms with Crippen molar-refractivity contribution in [1.82, 2.24) is 4.98 Å². The standard InChI is InChI=1S/C12H13BrN2S/c1-9-7-12(15-8-11(9)13)14-5-4-10-3-2-6-16-10/h2-3,6-8H,4-5H2,1H3,(H,14,15). The fourth-order valence-corrected chi connectivity index (χ4v) is 2.33. The molecular formula is C12H13BrN2S. The van der Waals surface area contributed by atoms with Crippen molar-refractivity contribution < 1.29 is 0 Å². The number of thiophene rings is 1. The summed E-state index contributed by atoms with van der Waals surface area (Å²) in [5.74, 6) is 0.942. The van der Waals surface area contributed by atoms with E-state index in [0.717, 1.165) is 23.3 Å². The third-order valence-electron chi connectivity index (χ3n) is 2.30. The van der Waals surface area contributed by atoms with Crippen molar-refractivity contribution in [1.29, 1.82) is 0 Å². The van der Waals surface area contributed by atoms with Crippen LogP contribution in [0.15, 0.2) is 34.2 Å². The first-order valence-corrected chi connectivity index (χ1v) is 6.81. The van der Waals surface area contributed by atoms with Crippen LogP contribution in [0.1, 0.15) is 10.4 Å². The zero-order chi connectivity index (χ0) is 11.4. The summed E-state index contributed by atoms with van der Waals surface area (Å²) in [5.41, 5.74) is 1.20. The highest BCUT2D eigenvalue weighted by Gasteiger charge is 1.98. The van der Waals surface area contributed by atoms with Crippen molar-refractivity contribution in [3.8, 4) is 0 Å². The molecule has 4 heteroatoms. The lowest BCUT2D eigenvalue weighted by Crippen LogP contribution is -2.05. The number of hydrogen-bond acceptors (Lipinski definition) is 3. The molecule has 2 nitrogen and oxygen atoms in total. The van der Waals surface area contributed by atoms with Crippen LogP contribution in [-0.2, 0) is 6.42 Å². The lowest BCUT2D eigenvalue weighted by atomic mass is 10.3. The van der Waals surface area contributed by atoms with Gasteiger partial charge in [-0.2, -0.15) is 0 Å². The van der Waals surface area contributed by atoms with E-state index in [1.807, 2.05) is 6.20 Å². The fourth-order valence-electron chi connectivity index (χ4n) is 1.40. The SMILES string of the molecule is Cc1cc(NCCc2cccs2)ncc1Br. The van der Waals surface area contributed by atoms with Crippen molar-refractivity contribution in [2.45, 2.75) is 13.3 Å². The van der Waals surface area contributed by atoms with E-state index in [9.17, 15) is 0 Å². The van der Waals surface area contributed by atoms with Crippen LogP contribution in [-0.4, -0.2) is 11.5 Å². The number of aromatic nitrogens is 1. The van der Waals surface area contributed by atoms with Crippen molar-refractivity contribution in [2.24, 2.45) is 0 Å². The Hall–Kier alpha value is -0.870. The molecule has 0 amide bonds. The molecule has 0 saturated heterocycles. The number of nitrogens with zero attached hydrogens (tertiary/aromatic N) is 1. The first kappa shape index (κ1) is 11.6. The highest BCUT2D eigenvalue weighted by Crippen LogP contribution is 2.17. The van der Waals surface area contributed by atoms with Crippen molar-refractivity contribution >= 4 is 33.1 Å². The maximum absolute atomic E-state index is 4.30. The van der Waals surface area contributed by atoms with E-state index in [-0.39, 0.29) is 0 Å². The second-order valence-electron chi connectivity index (χ2n) is 3.57. The van der Waals surface area contributed by atoms with Crippen LogP contribution in [0.25, 0.3) is 0 Å². The maximum Gasteiger partial charge on any atom is 0.126 e. The Morgan fingerprint density at radius 3 is 3.06 bits per heavy atom. The Balaban J connectivity index is 1.87. The predicted molar refractivity (Wildman–Crippen MR) is 73.2 cm³/mol. The van der Waals surface area contributed by atoms with Gasteiger partial charge in [0.05, 0.1) is 0 Å². The van der Waals surface area contributed by atoms with Crippen LogP contribution in [0.3, 0.4) is 0 Å². The molecule has 0 aliphatic heterocycles. The van der Waals surface area contributed by atoms with Gasteiger partial charge in [0, 0.05) is 22.1 Å². The summed E-state index contributed by atoms with van der Waals surface area (Å²) in [6.45, 7) is 2.99. The van der Waals surface area contributed by atoms with Gasteiger partial charge in [-0.05, 0) is 52.4 Å². The Bertz CT molecular complexity index is 454. The van der Waals surface area contributed by atoms with Crippen molar-refractivity contribution in [3.63, 3.8) is 0 Å². The molecule has 0 atom stereocenters. The zero-order valence-electron chi connectivity index (χ0n) is 9.03. The van der Waals surface area contributed by atoms with Crippen LogP contribution in [0, 0.1) is 6.92 Å². The van der Waals surface area contributed by atoms with Gasteiger partial charge in [-0.15, -0.1) is 11.3 Å². The maximum atomic E-state index is 4.30. The number of pyridine rings is 1. The van der Waals surface area contributed by atoms with E-state index in [1.54, 1.807) is 11.3 Å². The monoisotopic (exact) mass is 296 g/mol. The lowest BCUT2D eigenvalue weighted by Gasteiger charge is -2.06. The van der Waals surface area contributed by atoms with Gasteiger partial charge in [0.25, 0.3) is 0 Å². The summed E-state index contributed by atoms with van der Waals surface area (Å²) >= 11 is 5.24. The minimum absolute atomic E-state index is 0.925. The third-order valence-corrected chi connectivity index (χ3v) is 4.07. The zero-order valence-corrected chi connectivity index (χ0v) is 11.4. The fraction of sp³-hybridized carbons (Fsp3) is 0.250.